The van der Waals surface area contributed by atoms with Gasteiger partial charge in [-0.05, 0) is 79.0 Å². The van der Waals surface area contributed by atoms with Gasteiger partial charge in [-0.3, -0.25) is 9.69 Å². The van der Waals surface area contributed by atoms with Gasteiger partial charge in [-0.2, -0.15) is 10.2 Å². The molecule has 0 aromatic carbocycles. The number of likely N-dealkylation sites (tertiary alicyclic amines) is 1. The molecule has 46 heavy (non-hydrogen) atoms. The maximum atomic E-state index is 13.8. The van der Waals surface area contributed by atoms with E-state index in [9.17, 15) is 14.4 Å². The first-order valence-corrected chi connectivity index (χ1v) is 16.7. The fraction of sp³-hybridized carbons (Fsp3) is 0.545. The van der Waals surface area contributed by atoms with Crippen LogP contribution in [0.3, 0.4) is 0 Å². The summed E-state index contributed by atoms with van der Waals surface area (Å²) in [6.07, 6.45) is 4.64. The molecule has 0 spiro atoms. The SMILES string of the molecule is C=C(F)C(=O)N1[C@@H](C)CN(c2cc(O[C@@H](C)[C@@H]3CCCN3C)nc(-c3cc([C@@]4(C)CCCc5sc(N)c(C#N)c54)no3)n2)C[C@@H]1C. The Labute approximate surface area is 272 Å². The molecule has 6 rings (SSSR count). The largest absolute Gasteiger partial charge is 0.473 e. The van der Waals surface area contributed by atoms with Crippen molar-refractivity contribution in [2.45, 2.75) is 89.4 Å². The number of thiophene rings is 1. The summed E-state index contributed by atoms with van der Waals surface area (Å²) in [6, 6.07) is 5.67. The summed E-state index contributed by atoms with van der Waals surface area (Å²) in [4.78, 5) is 29.3. The zero-order valence-corrected chi connectivity index (χ0v) is 27.9. The Morgan fingerprint density at radius 2 is 2.02 bits per heavy atom. The van der Waals surface area contributed by atoms with Crippen LogP contribution >= 0.6 is 11.3 Å². The Morgan fingerprint density at radius 3 is 2.67 bits per heavy atom. The second kappa shape index (κ2) is 12.3. The number of rotatable bonds is 7. The standard InChI is InChI=1S/C33H41FN8O3S/c1-18-16-41(17-19(2)42(18)32(43)20(3)34)27-14-28(44-21(4)23-9-8-12-40(23)6)38-31(37-27)24-13-26(39-45-24)33(5)11-7-10-25-29(33)22(15-35)30(36)46-25/h13-14,18-19,21,23H,3,7-12,16-17,36H2,1-2,4-6H3/t18-,19-,21-,23-,33+/m0/s1. The third-order valence-corrected chi connectivity index (χ3v) is 11.0. The van der Waals surface area contributed by atoms with Gasteiger partial charge in [0.15, 0.2) is 5.83 Å². The van der Waals surface area contributed by atoms with Crippen molar-refractivity contribution in [2.75, 3.05) is 37.3 Å². The van der Waals surface area contributed by atoms with E-state index in [1.54, 1.807) is 0 Å². The molecule has 2 aliphatic heterocycles. The zero-order chi connectivity index (χ0) is 32.9. The molecule has 0 saturated carbocycles. The summed E-state index contributed by atoms with van der Waals surface area (Å²) < 4.78 is 26.2. The Balaban J connectivity index is 1.36. The van der Waals surface area contributed by atoms with Gasteiger partial charge in [0.25, 0.3) is 5.91 Å². The number of amides is 1. The first-order chi connectivity index (χ1) is 21.9. The van der Waals surface area contributed by atoms with Gasteiger partial charge >= 0.3 is 0 Å². The van der Waals surface area contributed by atoms with Crippen molar-refractivity contribution in [3.05, 3.63) is 46.2 Å². The lowest BCUT2D eigenvalue weighted by molar-refractivity contribution is -0.133. The van der Waals surface area contributed by atoms with Gasteiger partial charge in [0.2, 0.25) is 17.5 Å². The topological polar surface area (TPSA) is 138 Å². The van der Waals surface area contributed by atoms with Crippen LogP contribution in [0.1, 0.15) is 75.1 Å². The molecule has 5 atom stereocenters. The van der Waals surface area contributed by atoms with E-state index in [4.69, 9.17) is 25.0 Å². The van der Waals surface area contributed by atoms with Gasteiger partial charge in [-0.25, -0.2) is 9.37 Å². The van der Waals surface area contributed by atoms with Gasteiger partial charge in [-0.1, -0.05) is 11.7 Å². The molecule has 1 aliphatic carbocycles. The second-order valence-electron chi connectivity index (χ2n) is 13.1. The fourth-order valence-corrected chi connectivity index (χ4v) is 8.78. The van der Waals surface area contributed by atoms with E-state index in [0.717, 1.165) is 49.1 Å². The Bertz CT molecular complexity index is 1690. The minimum atomic E-state index is -0.968. The Kier molecular flexibility index (Phi) is 8.54. The number of hydrogen-bond acceptors (Lipinski definition) is 11. The summed E-state index contributed by atoms with van der Waals surface area (Å²) in [5, 5.41) is 15.0. The molecule has 13 heteroatoms. The van der Waals surface area contributed by atoms with Gasteiger partial charge in [0.05, 0.1) is 11.3 Å². The highest BCUT2D eigenvalue weighted by Gasteiger charge is 2.41. The van der Waals surface area contributed by atoms with Crippen LogP contribution in [0, 0.1) is 11.3 Å². The molecule has 11 nitrogen and oxygen atoms in total. The number of nitrogens with two attached hydrogens (primary N) is 1. The average molecular weight is 649 g/mol. The first kappa shape index (κ1) is 31.9. The number of likely N-dealkylation sites (N-methyl/N-ethyl adjacent to an activating group) is 1. The molecule has 5 heterocycles. The number of aryl methyl sites for hydroxylation is 1. The fourth-order valence-electron chi connectivity index (χ4n) is 7.59. The van der Waals surface area contributed by atoms with E-state index in [1.807, 2.05) is 26.0 Å². The summed E-state index contributed by atoms with van der Waals surface area (Å²) in [5.74, 6) is 0.0563. The van der Waals surface area contributed by atoms with Crippen LogP contribution in [0.25, 0.3) is 11.6 Å². The predicted octanol–water partition coefficient (Wildman–Crippen LogP) is 5.06. The molecule has 2 saturated heterocycles. The number of halogens is 1. The first-order valence-electron chi connectivity index (χ1n) is 15.9. The summed E-state index contributed by atoms with van der Waals surface area (Å²) >= 11 is 1.48. The van der Waals surface area contributed by atoms with Crippen molar-refractivity contribution >= 4 is 28.1 Å². The van der Waals surface area contributed by atoms with Gasteiger partial charge in [0, 0.05) is 53.6 Å². The number of nitrogen functional groups attached to an aromatic ring is 1. The van der Waals surface area contributed by atoms with Crippen LogP contribution in [0.4, 0.5) is 15.2 Å². The molecule has 0 bridgehead atoms. The maximum absolute atomic E-state index is 13.8. The Morgan fingerprint density at radius 1 is 1.28 bits per heavy atom. The smallest absolute Gasteiger partial charge is 0.282 e. The molecule has 3 aromatic heterocycles. The van der Waals surface area contributed by atoms with E-state index in [1.165, 1.54) is 16.2 Å². The van der Waals surface area contributed by atoms with Crippen molar-refractivity contribution in [1.29, 1.82) is 5.26 Å². The number of carbonyl (C=O) groups is 1. The van der Waals surface area contributed by atoms with E-state index >= 15 is 0 Å². The third-order valence-electron chi connectivity index (χ3n) is 9.87. The average Bonchev–Trinajstić information content (AvgIpc) is 3.75. The third kappa shape index (κ3) is 5.62. The lowest BCUT2D eigenvalue weighted by Gasteiger charge is -2.44. The molecule has 244 valence electrons. The predicted molar refractivity (Wildman–Crippen MR) is 174 cm³/mol. The van der Waals surface area contributed by atoms with Crippen molar-refractivity contribution in [2.24, 2.45) is 0 Å². The maximum Gasteiger partial charge on any atom is 0.282 e. The van der Waals surface area contributed by atoms with Crippen molar-refractivity contribution in [1.82, 2.24) is 24.9 Å². The lowest BCUT2D eigenvalue weighted by Crippen LogP contribution is -2.59. The molecule has 2 N–H and O–H groups in total. The number of nitriles is 1. The van der Waals surface area contributed by atoms with Crippen LogP contribution in [-0.2, 0) is 16.6 Å². The van der Waals surface area contributed by atoms with Gasteiger partial charge in [-0.15, -0.1) is 11.3 Å². The molecule has 3 aromatic rings. The normalized spacial score (nSPS) is 25.6. The molecular weight excluding hydrogens is 607 g/mol. The summed E-state index contributed by atoms with van der Waals surface area (Å²) in [7, 11) is 2.11. The lowest BCUT2D eigenvalue weighted by atomic mass is 9.70. The zero-order valence-electron chi connectivity index (χ0n) is 27.0. The number of piperazine rings is 1. The minimum absolute atomic E-state index is 0.121. The Hall–Kier alpha value is -4.02. The van der Waals surface area contributed by atoms with Crippen molar-refractivity contribution in [3.63, 3.8) is 0 Å². The minimum Gasteiger partial charge on any atom is -0.473 e. The van der Waals surface area contributed by atoms with E-state index in [2.05, 4.69) is 48.5 Å². The van der Waals surface area contributed by atoms with E-state index < -0.39 is 17.1 Å². The number of anilines is 2. The van der Waals surface area contributed by atoms with Crippen LogP contribution in [-0.4, -0.2) is 81.7 Å². The van der Waals surface area contributed by atoms with Crippen LogP contribution in [0.2, 0.25) is 0 Å². The highest BCUT2D eigenvalue weighted by Crippen LogP contribution is 2.49. The number of aromatic nitrogens is 3. The van der Waals surface area contributed by atoms with Crippen molar-refractivity contribution < 1.29 is 18.4 Å². The second-order valence-corrected chi connectivity index (χ2v) is 14.3. The molecule has 2 fully saturated rings. The van der Waals surface area contributed by atoms with Crippen LogP contribution < -0.4 is 15.4 Å². The van der Waals surface area contributed by atoms with Crippen molar-refractivity contribution in [3.8, 4) is 23.5 Å². The number of hydrogen-bond donors (Lipinski definition) is 1. The number of nitrogens with zero attached hydrogens (tertiary/aromatic N) is 7. The van der Waals surface area contributed by atoms with Crippen LogP contribution in [0.5, 0.6) is 5.88 Å². The number of fused-ring (bicyclic) bond motifs is 1. The molecule has 0 radical (unpaired) electrons. The van der Waals surface area contributed by atoms with E-state index in [0.29, 0.717) is 52.6 Å². The quantitative estimate of drug-likeness (QED) is 0.346. The summed E-state index contributed by atoms with van der Waals surface area (Å²) in [5.41, 5.74) is 7.84. The monoisotopic (exact) mass is 648 g/mol. The highest BCUT2D eigenvalue weighted by molar-refractivity contribution is 7.16. The molecule has 3 aliphatic rings. The highest BCUT2D eigenvalue weighted by atomic mass is 32.1. The van der Waals surface area contributed by atoms with Crippen LogP contribution in [0.15, 0.2) is 29.1 Å². The summed E-state index contributed by atoms with van der Waals surface area (Å²) in [6.45, 7) is 13.0. The number of carbonyl (C=O) groups excluding carboxylic acids is 1. The number of ether oxygens (including phenoxy) is 1. The van der Waals surface area contributed by atoms with Gasteiger partial charge in [0.1, 0.15) is 23.0 Å². The molecule has 1 amide bonds. The molecule has 0 unspecified atom stereocenters. The van der Waals surface area contributed by atoms with E-state index in [-0.39, 0.29) is 24.2 Å². The molecular formula is C33H41FN8O3S. The van der Waals surface area contributed by atoms with Gasteiger partial charge < -0.3 is 24.8 Å².